The molecule has 1 aromatic carbocycles. The number of benzene rings is 1. The third-order valence-electron chi connectivity index (χ3n) is 2.12. The van der Waals surface area contributed by atoms with Gasteiger partial charge in [0.15, 0.2) is 0 Å². The highest BCUT2D eigenvalue weighted by Crippen LogP contribution is 2.04. The number of nitrogens with one attached hydrogen (secondary N) is 2. The smallest absolute Gasteiger partial charge is 0.236 e. The minimum atomic E-state index is -0.549. The van der Waals surface area contributed by atoms with Crippen LogP contribution in [0.2, 0.25) is 0 Å². The van der Waals surface area contributed by atoms with Crippen LogP contribution in [0.1, 0.15) is 13.3 Å². The van der Waals surface area contributed by atoms with Crippen LogP contribution >= 0.6 is 12.4 Å². The van der Waals surface area contributed by atoms with Crippen molar-refractivity contribution in [2.75, 3.05) is 11.9 Å². The molecule has 5 nitrogen and oxygen atoms in total. The number of nitrogens with two attached hydrogens (primary N) is 1. The first-order valence-electron chi connectivity index (χ1n) is 5.48. The lowest BCUT2D eigenvalue weighted by Gasteiger charge is -2.08. The van der Waals surface area contributed by atoms with Crippen molar-refractivity contribution in [1.82, 2.24) is 5.32 Å². The van der Waals surface area contributed by atoms with Crippen LogP contribution in [0.5, 0.6) is 0 Å². The molecule has 0 aliphatic heterocycles. The molecule has 6 heteroatoms. The summed E-state index contributed by atoms with van der Waals surface area (Å²) in [7, 11) is 0. The summed E-state index contributed by atoms with van der Waals surface area (Å²) in [6.07, 6.45) is 0.230. The zero-order valence-corrected chi connectivity index (χ0v) is 11.0. The number of amides is 2. The second-order valence-corrected chi connectivity index (χ2v) is 3.74. The largest absolute Gasteiger partial charge is 0.354 e. The van der Waals surface area contributed by atoms with Crippen molar-refractivity contribution >= 4 is 29.9 Å². The highest BCUT2D eigenvalue weighted by Gasteiger charge is 2.07. The fourth-order valence-electron chi connectivity index (χ4n) is 1.21. The molecule has 0 aliphatic carbocycles. The van der Waals surface area contributed by atoms with Crippen molar-refractivity contribution in [3.8, 4) is 0 Å². The van der Waals surface area contributed by atoms with Gasteiger partial charge in [-0.25, -0.2) is 0 Å². The monoisotopic (exact) mass is 271 g/mol. The van der Waals surface area contributed by atoms with E-state index in [1.807, 2.05) is 18.2 Å². The highest BCUT2D eigenvalue weighted by molar-refractivity contribution is 5.91. The van der Waals surface area contributed by atoms with Crippen LogP contribution in [0.3, 0.4) is 0 Å². The predicted octanol–water partition coefficient (Wildman–Crippen LogP) is 0.900. The standard InChI is InChI=1S/C12H17N3O2.ClH/c1-9(13)12(17)14-8-7-11(16)15-10-5-3-2-4-6-10;/h2-6,9H,7-8,13H2,1H3,(H,14,17)(H,15,16);1H/t9-;/m1./s1. The van der Waals surface area contributed by atoms with Gasteiger partial charge in [-0.3, -0.25) is 9.59 Å². The quantitative estimate of drug-likeness (QED) is 0.744. The van der Waals surface area contributed by atoms with Gasteiger partial charge in [0.1, 0.15) is 0 Å². The summed E-state index contributed by atoms with van der Waals surface area (Å²) < 4.78 is 0. The Balaban J connectivity index is 0.00000289. The Hall–Kier alpha value is -1.59. The minimum Gasteiger partial charge on any atom is -0.354 e. The van der Waals surface area contributed by atoms with E-state index in [-0.39, 0.29) is 30.6 Å². The first-order valence-corrected chi connectivity index (χ1v) is 5.48. The van der Waals surface area contributed by atoms with E-state index in [2.05, 4.69) is 10.6 Å². The van der Waals surface area contributed by atoms with Crippen molar-refractivity contribution in [1.29, 1.82) is 0 Å². The number of hydrogen-bond donors (Lipinski definition) is 3. The van der Waals surface area contributed by atoms with E-state index < -0.39 is 6.04 Å². The van der Waals surface area contributed by atoms with E-state index in [1.54, 1.807) is 19.1 Å². The minimum absolute atomic E-state index is 0. The molecule has 100 valence electrons. The molecule has 0 bridgehead atoms. The molecule has 0 fully saturated rings. The van der Waals surface area contributed by atoms with E-state index in [9.17, 15) is 9.59 Å². The van der Waals surface area contributed by atoms with Gasteiger partial charge in [-0.1, -0.05) is 18.2 Å². The molecule has 0 saturated heterocycles. The maximum Gasteiger partial charge on any atom is 0.236 e. The molecule has 0 heterocycles. The number of para-hydroxylation sites is 1. The van der Waals surface area contributed by atoms with E-state index in [0.717, 1.165) is 5.69 Å². The maximum atomic E-state index is 11.5. The SMILES string of the molecule is C[C@@H](N)C(=O)NCCC(=O)Nc1ccccc1.Cl. The second-order valence-electron chi connectivity index (χ2n) is 3.74. The summed E-state index contributed by atoms with van der Waals surface area (Å²) >= 11 is 0. The third kappa shape index (κ3) is 6.22. The maximum absolute atomic E-state index is 11.5. The molecular formula is C12H18ClN3O2. The summed E-state index contributed by atoms with van der Waals surface area (Å²) in [5.41, 5.74) is 6.11. The van der Waals surface area contributed by atoms with Crippen LogP contribution in [0, 0.1) is 0 Å². The fraction of sp³-hybridized carbons (Fsp3) is 0.333. The van der Waals surface area contributed by atoms with Gasteiger partial charge in [-0.2, -0.15) is 0 Å². The van der Waals surface area contributed by atoms with Gasteiger partial charge in [0.2, 0.25) is 11.8 Å². The van der Waals surface area contributed by atoms with Crippen LogP contribution < -0.4 is 16.4 Å². The number of rotatable bonds is 5. The Kier molecular flexibility index (Phi) is 7.74. The molecular weight excluding hydrogens is 254 g/mol. The van der Waals surface area contributed by atoms with Crippen LogP contribution in [0.25, 0.3) is 0 Å². The fourth-order valence-corrected chi connectivity index (χ4v) is 1.21. The van der Waals surface area contributed by atoms with Crippen LogP contribution in [-0.2, 0) is 9.59 Å². The summed E-state index contributed by atoms with van der Waals surface area (Å²) in [5.74, 6) is -0.390. The Morgan fingerprint density at radius 2 is 1.89 bits per heavy atom. The molecule has 0 unspecified atom stereocenters. The van der Waals surface area contributed by atoms with Crippen molar-refractivity contribution < 1.29 is 9.59 Å². The van der Waals surface area contributed by atoms with Crippen LogP contribution in [-0.4, -0.2) is 24.4 Å². The van der Waals surface area contributed by atoms with Crippen LogP contribution in [0.4, 0.5) is 5.69 Å². The number of carbonyl (C=O) groups excluding carboxylic acids is 2. The van der Waals surface area contributed by atoms with Gasteiger partial charge in [-0.15, -0.1) is 12.4 Å². The predicted molar refractivity (Wildman–Crippen MR) is 73.6 cm³/mol. The van der Waals surface area contributed by atoms with Crippen molar-refractivity contribution in [3.05, 3.63) is 30.3 Å². The van der Waals surface area contributed by atoms with E-state index in [0.29, 0.717) is 6.54 Å². The Morgan fingerprint density at radius 3 is 2.44 bits per heavy atom. The molecule has 4 N–H and O–H groups in total. The second kappa shape index (κ2) is 8.49. The highest BCUT2D eigenvalue weighted by atomic mass is 35.5. The normalized spacial score (nSPS) is 11.0. The molecule has 2 amide bonds. The summed E-state index contributed by atoms with van der Waals surface area (Å²) in [4.78, 5) is 22.6. The van der Waals surface area contributed by atoms with Crippen molar-refractivity contribution in [3.63, 3.8) is 0 Å². The Morgan fingerprint density at radius 1 is 1.28 bits per heavy atom. The lowest BCUT2D eigenvalue weighted by atomic mass is 10.3. The van der Waals surface area contributed by atoms with E-state index in [4.69, 9.17) is 5.73 Å². The summed E-state index contributed by atoms with van der Waals surface area (Å²) in [6, 6.07) is 8.61. The molecule has 0 spiro atoms. The lowest BCUT2D eigenvalue weighted by Crippen LogP contribution is -2.39. The average Bonchev–Trinajstić information content (AvgIpc) is 2.30. The summed E-state index contributed by atoms with van der Waals surface area (Å²) in [5, 5.41) is 5.30. The number of carbonyl (C=O) groups is 2. The molecule has 0 aliphatic rings. The van der Waals surface area contributed by atoms with E-state index in [1.165, 1.54) is 0 Å². The van der Waals surface area contributed by atoms with Crippen molar-refractivity contribution in [2.24, 2.45) is 5.73 Å². The molecule has 1 atom stereocenters. The lowest BCUT2D eigenvalue weighted by molar-refractivity contribution is -0.122. The molecule has 18 heavy (non-hydrogen) atoms. The first kappa shape index (κ1) is 16.4. The molecule has 0 radical (unpaired) electrons. The Bertz CT molecular complexity index is 382. The Labute approximate surface area is 113 Å². The third-order valence-corrected chi connectivity index (χ3v) is 2.12. The zero-order chi connectivity index (χ0) is 12.7. The number of hydrogen-bond acceptors (Lipinski definition) is 3. The molecule has 1 rings (SSSR count). The van der Waals surface area contributed by atoms with Gasteiger partial charge in [0.05, 0.1) is 6.04 Å². The molecule has 1 aromatic rings. The first-order chi connectivity index (χ1) is 8.09. The molecule has 0 saturated carbocycles. The summed E-state index contributed by atoms with van der Waals surface area (Å²) in [6.45, 7) is 1.89. The number of halogens is 1. The zero-order valence-electron chi connectivity index (χ0n) is 10.2. The van der Waals surface area contributed by atoms with Gasteiger partial charge < -0.3 is 16.4 Å². The van der Waals surface area contributed by atoms with E-state index >= 15 is 0 Å². The molecule has 0 aromatic heterocycles. The van der Waals surface area contributed by atoms with Gasteiger partial charge in [-0.05, 0) is 19.1 Å². The van der Waals surface area contributed by atoms with Gasteiger partial charge in [0.25, 0.3) is 0 Å². The van der Waals surface area contributed by atoms with Crippen molar-refractivity contribution in [2.45, 2.75) is 19.4 Å². The van der Waals surface area contributed by atoms with Crippen LogP contribution in [0.15, 0.2) is 30.3 Å². The van der Waals surface area contributed by atoms with Gasteiger partial charge >= 0.3 is 0 Å². The topological polar surface area (TPSA) is 84.2 Å². The van der Waals surface area contributed by atoms with Gasteiger partial charge in [0, 0.05) is 18.7 Å². The average molecular weight is 272 g/mol. The number of anilines is 1.